The van der Waals surface area contributed by atoms with E-state index in [0.717, 1.165) is 0 Å². The van der Waals surface area contributed by atoms with Gasteiger partial charge in [-0.3, -0.25) is 0 Å². The van der Waals surface area contributed by atoms with E-state index in [1.807, 2.05) is 0 Å². The third kappa shape index (κ3) is 8.69. The van der Waals surface area contributed by atoms with Crippen molar-refractivity contribution >= 4 is 23.6 Å². The van der Waals surface area contributed by atoms with Gasteiger partial charge in [-0.05, 0) is 120 Å². The Morgan fingerprint density at radius 1 is 0.500 bits per heavy atom. The second-order valence-corrected chi connectivity index (χ2v) is 21.9. The molecule has 0 aromatic heterocycles. The average molecular weight is 689 g/mol. The highest BCUT2D eigenvalue weighted by atomic mass is 28.3. The minimum atomic E-state index is -2.82. The topological polar surface area (TPSA) is 0 Å². The molecule has 0 radical (unpaired) electrons. The van der Waals surface area contributed by atoms with Crippen LogP contribution in [0.4, 0.5) is 0 Å². The molecule has 1 aliphatic rings. The molecule has 2 atom stereocenters. The van der Waals surface area contributed by atoms with Gasteiger partial charge in [0.2, 0.25) is 0 Å². The molecule has 3 aromatic carbocycles. The van der Waals surface area contributed by atoms with Gasteiger partial charge in [0, 0.05) is 0 Å². The summed E-state index contributed by atoms with van der Waals surface area (Å²) >= 11 is 0. The Morgan fingerprint density at radius 3 is 1.34 bits per heavy atom. The standard InChI is InChI=1S/C49H72Si/c1-15-17-19-21-23-40-28-41(24-22-20-18-16-2)30-45(29-40)50(44-26-34(3)25-35(4)27-44,47-38(7)36(5)37(6)39(47)8)46-32-42(48(9,10)11)31-43(33-46)49(12,13)14/h25-33,38H,15-24H2,1-14H3. The number of allylic oxidation sites excluding steroid dienone is 4. The van der Waals surface area contributed by atoms with Gasteiger partial charge in [0.15, 0.2) is 8.07 Å². The predicted octanol–water partition coefficient (Wildman–Crippen LogP) is 12.5. The molecule has 0 saturated heterocycles. The molecule has 0 heterocycles. The van der Waals surface area contributed by atoms with E-state index in [9.17, 15) is 0 Å². The van der Waals surface area contributed by atoms with E-state index in [4.69, 9.17) is 0 Å². The summed E-state index contributed by atoms with van der Waals surface area (Å²) in [5.74, 6) is 0.403. The van der Waals surface area contributed by atoms with Crippen LogP contribution in [-0.2, 0) is 23.7 Å². The lowest BCUT2D eigenvalue weighted by atomic mass is 9.81. The van der Waals surface area contributed by atoms with Crippen molar-refractivity contribution in [1.29, 1.82) is 0 Å². The van der Waals surface area contributed by atoms with Crippen LogP contribution in [0.2, 0.25) is 0 Å². The fourth-order valence-corrected chi connectivity index (χ4v) is 14.6. The molecule has 0 saturated carbocycles. The van der Waals surface area contributed by atoms with Crippen LogP contribution in [0.5, 0.6) is 0 Å². The van der Waals surface area contributed by atoms with E-state index in [2.05, 4.69) is 152 Å². The van der Waals surface area contributed by atoms with Crippen molar-refractivity contribution in [2.75, 3.05) is 0 Å². The molecule has 50 heavy (non-hydrogen) atoms. The van der Waals surface area contributed by atoms with Crippen LogP contribution in [0.3, 0.4) is 0 Å². The molecule has 0 N–H and O–H groups in total. The van der Waals surface area contributed by atoms with E-state index >= 15 is 0 Å². The molecular formula is C49H72Si. The summed E-state index contributed by atoms with van der Waals surface area (Å²) in [6.07, 6.45) is 12.7. The summed E-state index contributed by atoms with van der Waals surface area (Å²) in [6.45, 7) is 33.5. The monoisotopic (exact) mass is 689 g/mol. The highest BCUT2D eigenvalue weighted by Crippen LogP contribution is 2.42. The highest BCUT2D eigenvalue weighted by molar-refractivity contribution is 7.16. The maximum Gasteiger partial charge on any atom is 0.176 e. The van der Waals surface area contributed by atoms with Gasteiger partial charge in [-0.2, -0.15) is 0 Å². The number of unbranched alkanes of at least 4 members (excludes halogenated alkanes) is 6. The number of benzene rings is 3. The molecule has 272 valence electrons. The lowest BCUT2D eigenvalue weighted by molar-refractivity contribution is 0.569. The van der Waals surface area contributed by atoms with Crippen molar-refractivity contribution < 1.29 is 0 Å². The number of rotatable bonds is 14. The van der Waals surface area contributed by atoms with E-state index in [-0.39, 0.29) is 10.8 Å². The SMILES string of the molecule is CCCCCCc1cc(CCCCCC)cc([Si](C2=C(C)C(C)=C(C)C2C)(c2cc(C)cc(C)c2)c2cc(C(C)(C)C)cc(C(C)(C)C)c2)c1. The minimum absolute atomic E-state index is 0.0407. The number of aryl methyl sites for hydroxylation is 4. The largest absolute Gasteiger partial charge is 0.176 e. The van der Waals surface area contributed by atoms with Gasteiger partial charge in [-0.1, -0.05) is 183 Å². The predicted molar refractivity (Wildman–Crippen MR) is 227 cm³/mol. The lowest BCUT2D eigenvalue weighted by Crippen LogP contribution is -2.70. The first-order chi connectivity index (χ1) is 23.4. The van der Waals surface area contributed by atoms with Crippen molar-refractivity contribution in [3.63, 3.8) is 0 Å². The van der Waals surface area contributed by atoms with Crippen LogP contribution in [0.15, 0.2) is 76.5 Å². The summed E-state index contributed by atoms with van der Waals surface area (Å²) in [4.78, 5) is 0. The molecule has 0 aliphatic heterocycles. The molecule has 1 aliphatic carbocycles. The molecule has 0 amide bonds. The quantitative estimate of drug-likeness (QED) is 0.0898. The summed E-state index contributed by atoms with van der Waals surface area (Å²) in [7, 11) is -2.82. The van der Waals surface area contributed by atoms with Crippen LogP contribution >= 0.6 is 0 Å². The Morgan fingerprint density at radius 2 is 0.940 bits per heavy atom. The summed E-state index contributed by atoms with van der Waals surface area (Å²) in [6, 6.07) is 23.4. The average Bonchev–Trinajstić information content (AvgIpc) is 3.23. The van der Waals surface area contributed by atoms with Gasteiger partial charge in [0.25, 0.3) is 0 Å². The molecule has 0 nitrogen and oxygen atoms in total. The Hall–Kier alpha value is -2.64. The summed E-state index contributed by atoms with van der Waals surface area (Å²) < 4.78 is 0. The van der Waals surface area contributed by atoms with Gasteiger partial charge >= 0.3 is 0 Å². The lowest BCUT2D eigenvalue weighted by Gasteiger charge is -2.41. The van der Waals surface area contributed by atoms with Crippen LogP contribution in [-0.4, -0.2) is 8.07 Å². The molecular weight excluding hydrogens is 617 g/mol. The third-order valence-corrected chi connectivity index (χ3v) is 17.0. The van der Waals surface area contributed by atoms with E-state index in [1.54, 1.807) is 37.5 Å². The Balaban J connectivity index is 2.24. The van der Waals surface area contributed by atoms with Gasteiger partial charge in [0.1, 0.15) is 0 Å². The zero-order valence-corrected chi connectivity index (χ0v) is 35.8. The van der Waals surface area contributed by atoms with Crippen molar-refractivity contribution in [2.45, 2.75) is 172 Å². The molecule has 0 fully saturated rings. The van der Waals surface area contributed by atoms with Gasteiger partial charge in [-0.25, -0.2) is 0 Å². The molecule has 0 spiro atoms. The first-order valence-corrected chi connectivity index (χ1v) is 22.2. The summed E-state index contributed by atoms with van der Waals surface area (Å²) in [5.41, 5.74) is 13.5. The zero-order chi connectivity index (χ0) is 37.0. The summed E-state index contributed by atoms with van der Waals surface area (Å²) in [5, 5.41) is 6.45. The van der Waals surface area contributed by atoms with Crippen molar-refractivity contribution in [3.05, 3.63) is 110 Å². The first-order valence-electron chi connectivity index (χ1n) is 20.2. The normalized spacial score (nSPS) is 16.8. The Labute approximate surface area is 310 Å². The van der Waals surface area contributed by atoms with Crippen LogP contribution in [0, 0.1) is 19.8 Å². The molecule has 1 heteroatoms. The van der Waals surface area contributed by atoms with Gasteiger partial charge in [-0.15, -0.1) is 0 Å². The molecule has 2 unspecified atom stereocenters. The highest BCUT2D eigenvalue weighted by Gasteiger charge is 2.49. The Kier molecular flexibility index (Phi) is 13.1. The van der Waals surface area contributed by atoms with Crippen molar-refractivity contribution in [1.82, 2.24) is 0 Å². The zero-order valence-electron chi connectivity index (χ0n) is 34.8. The smallest absolute Gasteiger partial charge is 0.0654 e. The second kappa shape index (κ2) is 16.4. The molecule has 3 aromatic rings. The van der Waals surface area contributed by atoms with Crippen molar-refractivity contribution in [3.8, 4) is 0 Å². The second-order valence-electron chi connectivity index (χ2n) is 18.2. The van der Waals surface area contributed by atoms with E-state index in [1.165, 1.54) is 97.6 Å². The number of hydrogen-bond acceptors (Lipinski definition) is 0. The maximum atomic E-state index is 2.71. The third-order valence-electron chi connectivity index (χ3n) is 11.9. The molecule has 4 rings (SSSR count). The fourth-order valence-electron chi connectivity index (χ4n) is 8.62. The van der Waals surface area contributed by atoms with Gasteiger partial charge in [0.05, 0.1) is 0 Å². The van der Waals surface area contributed by atoms with Crippen LogP contribution in [0.1, 0.15) is 168 Å². The Bertz CT molecular complexity index is 1620. The van der Waals surface area contributed by atoms with Crippen molar-refractivity contribution in [2.24, 2.45) is 5.92 Å². The fraction of sp³-hybridized carbons (Fsp3) is 0.551. The maximum absolute atomic E-state index is 2.82. The van der Waals surface area contributed by atoms with Crippen LogP contribution < -0.4 is 15.6 Å². The van der Waals surface area contributed by atoms with Gasteiger partial charge < -0.3 is 0 Å². The van der Waals surface area contributed by atoms with E-state index in [0.29, 0.717) is 5.92 Å². The molecule has 0 bridgehead atoms. The first kappa shape index (κ1) is 40.1. The van der Waals surface area contributed by atoms with E-state index < -0.39 is 8.07 Å². The van der Waals surface area contributed by atoms with Crippen LogP contribution in [0.25, 0.3) is 0 Å². The number of hydrogen-bond donors (Lipinski definition) is 0. The minimum Gasteiger partial charge on any atom is -0.0654 e.